The van der Waals surface area contributed by atoms with Gasteiger partial charge in [0.1, 0.15) is 5.82 Å². The van der Waals surface area contributed by atoms with Gasteiger partial charge in [-0.15, -0.1) is 12.3 Å². The summed E-state index contributed by atoms with van der Waals surface area (Å²) in [7, 11) is 1.99. The van der Waals surface area contributed by atoms with Crippen LogP contribution in [-0.2, 0) is 24.7 Å². The van der Waals surface area contributed by atoms with E-state index in [0.29, 0.717) is 23.8 Å². The maximum atomic E-state index is 11.9. The fourth-order valence-electron chi connectivity index (χ4n) is 4.44. The van der Waals surface area contributed by atoms with Crippen LogP contribution in [0.1, 0.15) is 62.9 Å². The first-order chi connectivity index (χ1) is 15.0. The lowest BCUT2D eigenvalue weighted by molar-refractivity contribution is -0.121. The van der Waals surface area contributed by atoms with Crippen molar-refractivity contribution in [3.05, 3.63) is 28.9 Å². The van der Waals surface area contributed by atoms with Gasteiger partial charge >= 0.3 is 0 Å². The van der Waals surface area contributed by atoms with Gasteiger partial charge in [0, 0.05) is 49.8 Å². The van der Waals surface area contributed by atoms with Crippen molar-refractivity contribution in [3.8, 4) is 23.6 Å². The number of carbonyl (C=O) groups excluding carboxylic acids is 1. The molecule has 0 saturated heterocycles. The van der Waals surface area contributed by atoms with Gasteiger partial charge in [0.05, 0.1) is 16.9 Å². The third-order valence-electron chi connectivity index (χ3n) is 6.47. The average molecular weight is 440 g/mol. The molecule has 0 atom stereocenters. The van der Waals surface area contributed by atoms with Crippen LogP contribution in [0.15, 0.2) is 12.4 Å². The maximum Gasteiger partial charge on any atom is 0.221 e. The number of nitrogens with zero attached hydrogens (tertiary/aromatic N) is 4. The molecule has 2 aromatic heterocycles. The number of aryl methyl sites for hydroxylation is 1. The van der Waals surface area contributed by atoms with Gasteiger partial charge in [-0.1, -0.05) is 11.6 Å². The number of halogens is 1. The van der Waals surface area contributed by atoms with Crippen LogP contribution >= 0.6 is 11.6 Å². The quantitative estimate of drug-likeness (QED) is 0.628. The summed E-state index contributed by atoms with van der Waals surface area (Å²) in [4.78, 5) is 21.3. The van der Waals surface area contributed by atoms with Crippen LogP contribution in [-0.4, -0.2) is 31.7 Å². The Morgan fingerprint density at radius 1 is 1.19 bits per heavy atom. The summed E-state index contributed by atoms with van der Waals surface area (Å²) < 4.78 is 1.95. The zero-order valence-corrected chi connectivity index (χ0v) is 18.9. The summed E-state index contributed by atoms with van der Waals surface area (Å²) in [6.45, 7) is 0. The number of terminal acetylenes is 1. The van der Waals surface area contributed by atoms with Crippen LogP contribution in [0.4, 0.5) is 0 Å². The molecule has 0 unspecified atom stereocenters. The van der Waals surface area contributed by atoms with Crippen LogP contribution in [0.3, 0.4) is 0 Å². The third-order valence-corrected chi connectivity index (χ3v) is 6.75. The Morgan fingerprint density at radius 3 is 2.61 bits per heavy atom. The van der Waals surface area contributed by atoms with Crippen LogP contribution < -0.4 is 5.32 Å². The number of amides is 1. The van der Waals surface area contributed by atoms with E-state index >= 15 is 0 Å². The average Bonchev–Trinajstić information content (AvgIpc) is 3.52. The second kappa shape index (κ2) is 9.82. The van der Waals surface area contributed by atoms with E-state index in [0.717, 1.165) is 61.5 Å². The zero-order chi connectivity index (χ0) is 21.8. The summed E-state index contributed by atoms with van der Waals surface area (Å²) in [6.07, 6.45) is 18.3. The molecule has 2 aromatic rings. The second-order valence-electron chi connectivity index (χ2n) is 8.95. The SMILES string of the molecule is C#CCCC(=O)NC1CCC(Cc2ncc(Cl)c(-c3cnn(C)c3CC3CC3)n2)CC1. The van der Waals surface area contributed by atoms with Crippen molar-refractivity contribution in [2.45, 2.75) is 70.3 Å². The molecule has 0 aliphatic heterocycles. The van der Waals surface area contributed by atoms with Crippen molar-refractivity contribution in [1.82, 2.24) is 25.1 Å². The third kappa shape index (κ3) is 5.65. The molecule has 0 bridgehead atoms. The molecule has 0 radical (unpaired) electrons. The van der Waals surface area contributed by atoms with Gasteiger partial charge in [-0.3, -0.25) is 9.48 Å². The lowest BCUT2D eigenvalue weighted by atomic mass is 9.84. The molecule has 2 aliphatic rings. The van der Waals surface area contributed by atoms with Crippen molar-refractivity contribution in [2.75, 3.05) is 0 Å². The Morgan fingerprint density at radius 2 is 1.90 bits per heavy atom. The molecule has 6 nitrogen and oxygen atoms in total. The predicted octanol–water partition coefficient (Wildman–Crippen LogP) is 4.11. The van der Waals surface area contributed by atoms with Crippen molar-refractivity contribution >= 4 is 17.5 Å². The smallest absolute Gasteiger partial charge is 0.221 e. The maximum absolute atomic E-state index is 11.9. The fourth-order valence-corrected chi connectivity index (χ4v) is 4.64. The van der Waals surface area contributed by atoms with Gasteiger partial charge in [0.15, 0.2) is 0 Å². The molecular weight excluding hydrogens is 410 g/mol. The van der Waals surface area contributed by atoms with Gasteiger partial charge in [-0.2, -0.15) is 5.10 Å². The van der Waals surface area contributed by atoms with Crippen molar-refractivity contribution in [3.63, 3.8) is 0 Å². The summed E-state index contributed by atoms with van der Waals surface area (Å²) in [5, 5.41) is 8.15. The molecule has 2 saturated carbocycles. The first-order valence-corrected chi connectivity index (χ1v) is 11.7. The van der Waals surface area contributed by atoms with E-state index < -0.39 is 0 Å². The Labute approximate surface area is 189 Å². The van der Waals surface area contributed by atoms with Gasteiger partial charge in [-0.25, -0.2) is 9.97 Å². The molecule has 7 heteroatoms. The van der Waals surface area contributed by atoms with Crippen LogP contribution in [0.25, 0.3) is 11.3 Å². The topological polar surface area (TPSA) is 72.7 Å². The lowest BCUT2D eigenvalue weighted by Gasteiger charge is -2.28. The van der Waals surface area contributed by atoms with E-state index in [-0.39, 0.29) is 11.9 Å². The van der Waals surface area contributed by atoms with Crippen molar-refractivity contribution < 1.29 is 4.79 Å². The summed E-state index contributed by atoms with van der Waals surface area (Å²) >= 11 is 6.50. The van der Waals surface area contributed by atoms with Gasteiger partial charge < -0.3 is 5.32 Å². The molecule has 4 rings (SSSR count). The molecule has 2 heterocycles. The van der Waals surface area contributed by atoms with E-state index in [1.165, 1.54) is 18.5 Å². The van der Waals surface area contributed by atoms with Gasteiger partial charge in [-0.05, 0) is 56.8 Å². The number of carbonyl (C=O) groups is 1. The van der Waals surface area contributed by atoms with E-state index in [1.54, 1.807) is 6.20 Å². The minimum Gasteiger partial charge on any atom is -0.353 e. The highest BCUT2D eigenvalue weighted by Crippen LogP contribution is 2.37. The highest BCUT2D eigenvalue weighted by atomic mass is 35.5. The summed E-state index contributed by atoms with van der Waals surface area (Å²) in [5.41, 5.74) is 3.03. The minimum absolute atomic E-state index is 0.0607. The van der Waals surface area contributed by atoms with Crippen molar-refractivity contribution in [2.24, 2.45) is 18.9 Å². The standard InChI is InChI=1S/C24H30ClN5O/c1-3-4-5-23(31)28-18-10-8-17(9-11-18)13-22-26-15-20(25)24(29-22)19-14-27-30(2)21(19)12-16-6-7-16/h1,14-18H,4-13H2,2H3,(H,28,31). The number of rotatable bonds is 8. The zero-order valence-electron chi connectivity index (χ0n) is 18.1. The Hall–Kier alpha value is -2.39. The molecule has 31 heavy (non-hydrogen) atoms. The number of hydrogen-bond donors (Lipinski definition) is 1. The lowest BCUT2D eigenvalue weighted by Crippen LogP contribution is -2.37. The van der Waals surface area contributed by atoms with E-state index in [9.17, 15) is 4.79 Å². The van der Waals surface area contributed by atoms with Crippen LogP contribution in [0.2, 0.25) is 5.02 Å². The number of hydrogen-bond acceptors (Lipinski definition) is 4. The first-order valence-electron chi connectivity index (χ1n) is 11.3. The van der Waals surface area contributed by atoms with E-state index in [4.69, 9.17) is 23.0 Å². The molecule has 0 aromatic carbocycles. The Kier molecular flexibility index (Phi) is 6.92. The monoisotopic (exact) mass is 439 g/mol. The molecule has 1 amide bonds. The van der Waals surface area contributed by atoms with Crippen molar-refractivity contribution in [1.29, 1.82) is 0 Å². The number of nitrogens with one attached hydrogen (secondary N) is 1. The largest absolute Gasteiger partial charge is 0.353 e. The molecule has 2 aliphatic carbocycles. The number of aromatic nitrogens is 4. The van der Waals surface area contributed by atoms with Crippen LogP contribution in [0, 0.1) is 24.2 Å². The van der Waals surface area contributed by atoms with Gasteiger partial charge in [0.2, 0.25) is 5.91 Å². The summed E-state index contributed by atoms with van der Waals surface area (Å²) in [6, 6.07) is 0.253. The molecule has 2 fully saturated rings. The normalized spacial score (nSPS) is 20.9. The Balaban J connectivity index is 1.38. The fraction of sp³-hybridized carbons (Fsp3) is 0.583. The highest BCUT2D eigenvalue weighted by Gasteiger charge is 2.27. The molecule has 164 valence electrons. The van der Waals surface area contributed by atoms with Crippen LogP contribution in [0.5, 0.6) is 0 Å². The second-order valence-corrected chi connectivity index (χ2v) is 9.36. The van der Waals surface area contributed by atoms with Gasteiger partial charge in [0.25, 0.3) is 0 Å². The molecule has 1 N–H and O–H groups in total. The molecule has 0 spiro atoms. The minimum atomic E-state index is 0.0607. The Bertz CT molecular complexity index is 967. The predicted molar refractivity (Wildman–Crippen MR) is 121 cm³/mol. The molecular formula is C24H30ClN5O. The van der Waals surface area contributed by atoms with E-state index in [1.807, 2.05) is 17.9 Å². The first kappa shape index (κ1) is 21.8. The summed E-state index contributed by atoms with van der Waals surface area (Å²) in [5.74, 6) is 4.70. The van der Waals surface area contributed by atoms with E-state index in [2.05, 4.69) is 21.3 Å². The highest BCUT2D eigenvalue weighted by molar-refractivity contribution is 6.32.